The highest BCUT2D eigenvalue weighted by Crippen LogP contribution is 2.24. The number of benzene rings is 2. The number of rotatable bonds is 3. The fourth-order valence-corrected chi connectivity index (χ4v) is 2.19. The van der Waals surface area contributed by atoms with Gasteiger partial charge in [-0.05, 0) is 35.7 Å². The van der Waals surface area contributed by atoms with Gasteiger partial charge in [-0.1, -0.05) is 38.1 Å². The zero-order valence-corrected chi connectivity index (χ0v) is 11.7. The first-order valence-corrected chi connectivity index (χ1v) is 6.81. The van der Waals surface area contributed by atoms with E-state index in [9.17, 15) is 0 Å². The van der Waals surface area contributed by atoms with E-state index in [2.05, 4.69) is 53.4 Å². The number of fused-ring (bicyclic) bond motifs is 1. The second-order valence-electron chi connectivity index (χ2n) is 5.14. The highest BCUT2D eigenvalue weighted by Gasteiger charge is 2.04. The molecule has 3 rings (SSSR count). The molecule has 0 unspecified atom stereocenters. The molecular weight excluding hydrogens is 246 g/mol. The summed E-state index contributed by atoms with van der Waals surface area (Å²) in [6.07, 6.45) is 1.59. The Morgan fingerprint density at radius 1 is 0.900 bits per heavy atom. The lowest BCUT2D eigenvalue weighted by molar-refractivity contribution is 0.867. The number of nitrogens with one attached hydrogen (secondary N) is 1. The van der Waals surface area contributed by atoms with Gasteiger partial charge in [-0.2, -0.15) is 0 Å². The SMILES string of the molecule is CC(C)c1ccc(Nc2ncnc3ccccc23)cc1. The molecule has 3 heteroatoms. The third kappa shape index (κ3) is 2.48. The molecule has 0 aliphatic carbocycles. The molecule has 0 saturated carbocycles. The van der Waals surface area contributed by atoms with Crippen LogP contribution in [0.4, 0.5) is 11.5 Å². The lowest BCUT2D eigenvalue weighted by Crippen LogP contribution is -1.96. The Morgan fingerprint density at radius 2 is 1.65 bits per heavy atom. The minimum Gasteiger partial charge on any atom is -0.340 e. The van der Waals surface area contributed by atoms with Crippen LogP contribution in [-0.4, -0.2) is 9.97 Å². The van der Waals surface area contributed by atoms with Gasteiger partial charge in [-0.3, -0.25) is 0 Å². The van der Waals surface area contributed by atoms with Crippen molar-refractivity contribution in [3.05, 3.63) is 60.4 Å². The van der Waals surface area contributed by atoms with Crippen molar-refractivity contribution in [3.8, 4) is 0 Å². The lowest BCUT2D eigenvalue weighted by Gasteiger charge is -2.10. The van der Waals surface area contributed by atoms with Crippen LogP contribution in [0.25, 0.3) is 10.9 Å². The van der Waals surface area contributed by atoms with E-state index in [1.54, 1.807) is 6.33 Å². The molecule has 0 amide bonds. The minimum atomic E-state index is 0.545. The van der Waals surface area contributed by atoms with E-state index in [0.717, 1.165) is 22.4 Å². The third-order valence-electron chi connectivity index (χ3n) is 3.38. The fourth-order valence-electron chi connectivity index (χ4n) is 2.19. The van der Waals surface area contributed by atoms with Crippen molar-refractivity contribution in [2.45, 2.75) is 19.8 Å². The molecule has 0 spiro atoms. The smallest absolute Gasteiger partial charge is 0.141 e. The second kappa shape index (κ2) is 5.29. The molecule has 0 aliphatic heterocycles. The van der Waals surface area contributed by atoms with Gasteiger partial charge in [0.25, 0.3) is 0 Å². The molecule has 1 N–H and O–H groups in total. The highest BCUT2D eigenvalue weighted by atomic mass is 15.0. The normalized spacial score (nSPS) is 10.9. The third-order valence-corrected chi connectivity index (χ3v) is 3.38. The van der Waals surface area contributed by atoms with Crippen LogP contribution in [0.2, 0.25) is 0 Å². The fraction of sp³-hybridized carbons (Fsp3) is 0.176. The van der Waals surface area contributed by atoms with E-state index in [-0.39, 0.29) is 0 Å². The summed E-state index contributed by atoms with van der Waals surface area (Å²) in [6, 6.07) is 16.5. The van der Waals surface area contributed by atoms with Crippen molar-refractivity contribution in [2.24, 2.45) is 0 Å². The van der Waals surface area contributed by atoms with Crippen molar-refractivity contribution in [1.29, 1.82) is 0 Å². The van der Waals surface area contributed by atoms with E-state index in [1.807, 2.05) is 24.3 Å². The number of para-hydroxylation sites is 1. The first-order chi connectivity index (χ1) is 9.74. The first kappa shape index (κ1) is 12.6. The zero-order chi connectivity index (χ0) is 13.9. The molecule has 0 fully saturated rings. The molecule has 0 aliphatic rings. The van der Waals surface area contributed by atoms with Crippen molar-refractivity contribution in [1.82, 2.24) is 9.97 Å². The highest BCUT2D eigenvalue weighted by molar-refractivity contribution is 5.90. The van der Waals surface area contributed by atoms with Crippen LogP contribution in [0.3, 0.4) is 0 Å². The Hall–Kier alpha value is -2.42. The summed E-state index contributed by atoms with van der Waals surface area (Å²) in [5, 5.41) is 4.39. The maximum atomic E-state index is 4.34. The van der Waals surface area contributed by atoms with Crippen LogP contribution >= 0.6 is 0 Å². The Labute approximate surface area is 118 Å². The molecule has 100 valence electrons. The second-order valence-corrected chi connectivity index (χ2v) is 5.14. The van der Waals surface area contributed by atoms with E-state index < -0.39 is 0 Å². The van der Waals surface area contributed by atoms with Crippen molar-refractivity contribution >= 4 is 22.4 Å². The lowest BCUT2D eigenvalue weighted by atomic mass is 10.0. The van der Waals surface area contributed by atoms with E-state index in [4.69, 9.17) is 0 Å². The molecule has 0 bridgehead atoms. The molecule has 0 saturated heterocycles. The summed E-state index contributed by atoms with van der Waals surface area (Å²) in [6.45, 7) is 4.39. The summed E-state index contributed by atoms with van der Waals surface area (Å²) in [5.41, 5.74) is 3.32. The number of hydrogen-bond acceptors (Lipinski definition) is 3. The number of anilines is 2. The molecule has 20 heavy (non-hydrogen) atoms. The number of aromatic nitrogens is 2. The topological polar surface area (TPSA) is 37.8 Å². The van der Waals surface area contributed by atoms with E-state index in [0.29, 0.717) is 5.92 Å². The molecule has 3 nitrogen and oxygen atoms in total. The Balaban J connectivity index is 1.93. The van der Waals surface area contributed by atoms with Crippen LogP contribution < -0.4 is 5.32 Å². The van der Waals surface area contributed by atoms with Gasteiger partial charge in [0.05, 0.1) is 5.52 Å². The van der Waals surface area contributed by atoms with Crippen LogP contribution in [-0.2, 0) is 0 Å². The van der Waals surface area contributed by atoms with Crippen molar-refractivity contribution in [2.75, 3.05) is 5.32 Å². The van der Waals surface area contributed by atoms with Gasteiger partial charge in [0.1, 0.15) is 12.1 Å². The van der Waals surface area contributed by atoms with Crippen LogP contribution in [0, 0.1) is 0 Å². The molecule has 3 aromatic rings. The summed E-state index contributed by atoms with van der Waals surface area (Å²) >= 11 is 0. The van der Waals surface area contributed by atoms with Gasteiger partial charge in [0, 0.05) is 11.1 Å². The maximum absolute atomic E-state index is 4.34. The maximum Gasteiger partial charge on any atom is 0.141 e. The van der Waals surface area contributed by atoms with Crippen molar-refractivity contribution < 1.29 is 0 Å². The van der Waals surface area contributed by atoms with Gasteiger partial charge < -0.3 is 5.32 Å². The summed E-state index contributed by atoms with van der Waals surface area (Å²) in [5.74, 6) is 1.39. The van der Waals surface area contributed by atoms with Gasteiger partial charge >= 0.3 is 0 Å². The molecule has 0 atom stereocenters. The van der Waals surface area contributed by atoms with Crippen molar-refractivity contribution in [3.63, 3.8) is 0 Å². The molecular formula is C17H17N3. The monoisotopic (exact) mass is 263 g/mol. The van der Waals surface area contributed by atoms with Crippen LogP contribution in [0.15, 0.2) is 54.9 Å². The quantitative estimate of drug-likeness (QED) is 0.756. The predicted octanol–water partition coefficient (Wildman–Crippen LogP) is 4.50. The summed E-state index contributed by atoms with van der Waals surface area (Å²) in [7, 11) is 0. The van der Waals surface area contributed by atoms with Gasteiger partial charge in [0.15, 0.2) is 0 Å². The average Bonchev–Trinajstić information content (AvgIpc) is 2.48. The van der Waals surface area contributed by atoms with E-state index >= 15 is 0 Å². The van der Waals surface area contributed by atoms with Crippen LogP contribution in [0.5, 0.6) is 0 Å². The standard InChI is InChI=1S/C17H17N3/c1-12(2)13-7-9-14(10-8-13)20-17-15-5-3-4-6-16(15)18-11-19-17/h3-12H,1-2H3,(H,18,19,20). The predicted molar refractivity (Wildman–Crippen MR) is 83.4 cm³/mol. The largest absolute Gasteiger partial charge is 0.340 e. The van der Waals surface area contributed by atoms with Gasteiger partial charge in [-0.25, -0.2) is 9.97 Å². The summed E-state index contributed by atoms with van der Waals surface area (Å²) < 4.78 is 0. The average molecular weight is 263 g/mol. The Morgan fingerprint density at radius 3 is 2.40 bits per heavy atom. The zero-order valence-electron chi connectivity index (χ0n) is 11.7. The van der Waals surface area contributed by atoms with Gasteiger partial charge in [-0.15, -0.1) is 0 Å². The minimum absolute atomic E-state index is 0.545. The van der Waals surface area contributed by atoms with Crippen LogP contribution in [0.1, 0.15) is 25.3 Å². The molecule has 1 heterocycles. The van der Waals surface area contributed by atoms with E-state index in [1.165, 1.54) is 5.56 Å². The molecule has 0 radical (unpaired) electrons. The van der Waals surface area contributed by atoms with Gasteiger partial charge in [0.2, 0.25) is 0 Å². The molecule has 1 aromatic heterocycles. The first-order valence-electron chi connectivity index (χ1n) is 6.81. The number of hydrogen-bond donors (Lipinski definition) is 1. The summed E-state index contributed by atoms with van der Waals surface area (Å²) in [4.78, 5) is 8.61. The number of nitrogens with zero attached hydrogens (tertiary/aromatic N) is 2. The molecule has 2 aromatic carbocycles. The Bertz CT molecular complexity index is 712. The Kier molecular flexibility index (Phi) is 3.33.